The summed E-state index contributed by atoms with van der Waals surface area (Å²) in [5.74, 6) is 0.673. The second kappa shape index (κ2) is 8.28. The molecule has 19 heavy (non-hydrogen) atoms. The minimum atomic E-state index is 0.111. The molecule has 2 nitrogen and oxygen atoms in total. The monoisotopic (exact) mass is 297 g/mol. The standard InChI is InChI=1S/C15H20ClNOS/c1-4-9-17(10-12(2)3)15(18)19-11-13-5-7-14(16)8-6-13/h5-8H,2,4,9-11H2,1,3H3. The third-order valence-corrected chi connectivity index (χ3v) is 3.72. The summed E-state index contributed by atoms with van der Waals surface area (Å²) < 4.78 is 0. The van der Waals surface area contributed by atoms with Crippen molar-refractivity contribution in [1.82, 2.24) is 4.90 Å². The van der Waals surface area contributed by atoms with E-state index in [1.165, 1.54) is 11.8 Å². The second-order valence-electron chi connectivity index (χ2n) is 4.56. The van der Waals surface area contributed by atoms with Gasteiger partial charge < -0.3 is 4.90 Å². The average Bonchev–Trinajstić information content (AvgIpc) is 2.37. The van der Waals surface area contributed by atoms with Crippen molar-refractivity contribution in [2.24, 2.45) is 0 Å². The molecule has 0 saturated carbocycles. The summed E-state index contributed by atoms with van der Waals surface area (Å²) in [6.45, 7) is 9.30. The smallest absolute Gasteiger partial charge is 0.282 e. The Kier molecular flexibility index (Phi) is 7.03. The predicted molar refractivity (Wildman–Crippen MR) is 84.8 cm³/mol. The van der Waals surface area contributed by atoms with Gasteiger partial charge in [-0.1, -0.05) is 54.6 Å². The van der Waals surface area contributed by atoms with Gasteiger partial charge >= 0.3 is 0 Å². The van der Waals surface area contributed by atoms with E-state index in [9.17, 15) is 4.79 Å². The summed E-state index contributed by atoms with van der Waals surface area (Å²) >= 11 is 7.16. The zero-order valence-electron chi connectivity index (χ0n) is 11.5. The maximum atomic E-state index is 12.1. The lowest BCUT2D eigenvalue weighted by atomic mass is 10.2. The number of halogens is 1. The van der Waals surface area contributed by atoms with E-state index in [2.05, 4.69) is 13.5 Å². The number of hydrogen-bond acceptors (Lipinski definition) is 2. The van der Waals surface area contributed by atoms with E-state index in [1.54, 1.807) is 0 Å². The van der Waals surface area contributed by atoms with Crippen molar-refractivity contribution in [3.8, 4) is 0 Å². The minimum absolute atomic E-state index is 0.111. The van der Waals surface area contributed by atoms with Gasteiger partial charge in [0.15, 0.2) is 0 Å². The normalized spacial score (nSPS) is 10.3. The van der Waals surface area contributed by atoms with Crippen LogP contribution < -0.4 is 0 Å². The lowest BCUT2D eigenvalue weighted by Crippen LogP contribution is -2.30. The maximum absolute atomic E-state index is 12.1. The third-order valence-electron chi connectivity index (χ3n) is 2.49. The van der Waals surface area contributed by atoms with Gasteiger partial charge in [0.05, 0.1) is 0 Å². The highest BCUT2D eigenvalue weighted by Crippen LogP contribution is 2.19. The van der Waals surface area contributed by atoms with E-state index < -0.39 is 0 Å². The van der Waals surface area contributed by atoms with Gasteiger partial charge in [-0.25, -0.2) is 0 Å². The van der Waals surface area contributed by atoms with Gasteiger partial charge in [-0.2, -0.15) is 0 Å². The van der Waals surface area contributed by atoms with Gasteiger partial charge in [0.25, 0.3) is 5.24 Å². The second-order valence-corrected chi connectivity index (χ2v) is 5.92. The van der Waals surface area contributed by atoms with E-state index in [-0.39, 0.29) is 5.24 Å². The van der Waals surface area contributed by atoms with Gasteiger partial charge in [-0.05, 0) is 31.0 Å². The number of amides is 1. The number of carbonyl (C=O) groups is 1. The molecule has 0 unspecified atom stereocenters. The Morgan fingerprint density at radius 2 is 2.00 bits per heavy atom. The molecule has 0 aliphatic carbocycles. The van der Waals surface area contributed by atoms with Gasteiger partial charge in [-0.3, -0.25) is 4.79 Å². The first-order valence-electron chi connectivity index (χ1n) is 6.33. The van der Waals surface area contributed by atoms with Gasteiger partial charge in [0.2, 0.25) is 0 Å². The SMILES string of the molecule is C=C(C)CN(CCC)C(=O)SCc1ccc(Cl)cc1. The van der Waals surface area contributed by atoms with E-state index in [1.807, 2.05) is 36.1 Å². The van der Waals surface area contributed by atoms with Crippen LogP contribution in [0.4, 0.5) is 4.79 Å². The fraction of sp³-hybridized carbons (Fsp3) is 0.400. The molecule has 1 amide bonds. The van der Waals surface area contributed by atoms with E-state index in [0.717, 1.165) is 29.1 Å². The van der Waals surface area contributed by atoms with Crippen molar-refractivity contribution in [1.29, 1.82) is 0 Å². The van der Waals surface area contributed by atoms with Crippen LogP contribution in [0.25, 0.3) is 0 Å². The molecular weight excluding hydrogens is 278 g/mol. The summed E-state index contributed by atoms with van der Waals surface area (Å²) in [4.78, 5) is 14.0. The van der Waals surface area contributed by atoms with Crippen LogP contribution in [0.15, 0.2) is 36.4 Å². The minimum Gasteiger partial charge on any atom is -0.330 e. The summed E-state index contributed by atoms with van der Waals surface area (Å²) in [6, 6.07) is 7.59. The highest BCUT2D eigenvalue weighted by Gasteiger charge is 2.13. The Balaban J connectivity index is 2.51. The molecule has 0 N–H and O–H groups in total. The average molecular weight is 298 g/mol. The first kappa shape index (κ1) is 16.1. The van der Waals surface area contributed by atoms with Crippen LogP contribution in [0.1, 0.15) is 25.8 Å². The number of nitrogens with zero attached hydrogens (tertiary/aromatic N) is 1. The molecule has 0 saturated heterocycles. The molecular formula is C15H20ClNOS. The number of hydrogen-bond donors (Lipinski definition) is 0. The van der Waals surface area contributed by atoms with Crippen molar-refractivity contribution in [2.75, 3.05) is 13.1 Å². The molecule has 0 aliphatic rings. The van der Waals surface area contributed by atoms with E-state index in [0.29, 0.717) is 12.3 Å². The molecule has 0 radical (unpaired) electrons. The molecule has 0 spiro atoms. The Hall–Kier alpha value is -0.930. The third kappa shape index (κ3) is 6.17. The van der Waals surface area contributed by atoms with Gasteiger partial charge in [0.1, 0.15) is 0 Å². The molecule has 4 heteroatoms. The topological polar surface area (TPSA) is 20.3 Å². The van der Waals surface area contributed by atoms with Crippen LogP contribution in [0.3, 0.4) is 0 Å². The molecule has 104 valence electrons. The van der Waals surface area contributed by atoms with Crippen molar-refractivity contribution in [2.45, 2.75) is 26.0 Å². The summed E-state index contributed by atoms with van der Waals surface area (Å²) in [7, 11) is 0. The zero-order chi connectivity index (χ0) is 14.3. The Labute approximate surface area is 124 Å². The molecule has 0 fully saturated rings. The lowest BCUT2D eigenvalue weighted by molar-refractivity contribution is 0.227. The molecule has 1 aromatic carbocycles. The van der Waals surface area contributed by atoms with E-state index >= 15 is 0 Å². The fourth-order valence-corrected chi connectivity index (χ4v) is 2.59. The molecule has 1 rings (SSSR count). The fourth-order valence-electron chi connectivity index (χ4n) is 1.65. The molecule has 0 aromatic heterocycles. The molecule has 0 atom stereocenters. The van der Waals surface area contributed by atoms with Gasteiger partial charge in [0, 0.05) is 23.9 Å². The number of carbonyl (C=O) groups excluding carboxylic acids is 1. The molecule has 0 aliphatic heterocycles. The largest absolute Gasteiger partial charge is 0.330 e. The molecule has 1 aromatic rings. The van der Waals surface area contributed by atoms with Crippen molar-refractivity contribution in [3.63, 3.8) is 0 Å². The number of rotatable bonds is 6. The van der Waals surface area contributed by atoms with Crippen LogP contribution in [0, 0.1) is 0 Å². The first-order valence-corrected chi connectivity index (χ1v) is 7.69. The van der Waals surface area contributed by atoms with Crippen molar-refractivity contribution >= 4 is 28.6 Å². The zero-order valence-corrected chi connectivity index (χ0v) is 13.1. The maximum Gasteiger partial charge on any atom is 0.282 e. The quantitative estimate of drug-likeness (QED) is 0.690. The number of benzene rings is 1. The molecule has 0 bridgehead atoms. The van der Waals surface area contributed by atoms with Crippen LogP contribution >= 0.6 is 23.4 Å². The van der Waals surface area contributed by atoms with E-state index in [4.69, 9.17) is 11.6 Å². The van der Waals surface area contributed by atoms with Crippen LogP contribution in [0.5, 0.6) is 0 Å². The predicted octanol–water partition coefficient (Wildman–Crippen LogP) is 4.98. The number of thioether (sulfide) groups is 1. The van der Waals surface area contributed by atoms with Crippen molar-refractivity contribution < 1.29 is 4.79 Å². The van der Waals surface area contributed by atoms with Crippen LogP contribution in [-0.2, 0) is 5.75 Å². The molecule has 0 heterocycles. The summed E-state index contributed by atoms with van der Waals surface area (Å²) in [5.41, 5.74) is 2.11. The van der Waals surface area contributed by atoms with Crippen molar-refractivity contribution in [3.05, 3.63) is 47.0 Å². The Bertz CT molecular complexity index is 430. The lowest BCUT2D eigenvalue weighted by Gasteiger charge is -2.21. The Morgan fingerprint density at radius 3 is 2.53 bits per heavy atom. The van der Waals surface area contributed by atoms with Gasteiger partial charge in [-0.15, -0.1) is 0 Å². The van der Waals surface area contributed by atoms with Crippen LogP contribution in [-0.4, -0.2) is 23.2 Å². The highest BCUT2D eigenvalue weighted by atomic mass is 35.5. The summed E-state index contributed by atoms with van der Waals surface area (Å²) in [5, 5.41) is 0.828. The highest BCUT2D eigenvalue weighted by molar-refractivity contribution is 8.12. The summed E-state index contributed by atoms with van der Waals surface area (Å²) in [6.07, 6.45) is 0.959. The Morgan fingerprint density at radius 1 is 1.37 bits per heavy atom. The first-order chi connectivity index (χ1) is 9.02. The van der Waals surface area contributed by atoms with Crippen LogP contribution in [0.2, 0.25) is 5.02 Å².